The molecule has 8 heteroatoms. The number of aliphatic carboxylic acids is 1. The molecule has 0 aromatic rings. The molecule has 1 unspecified atom stereocenters. The second kappa shape index (κ2) is 13.5. The van der Waals surface area contributed by atoms with Crippen molar-refractivity contribution in [1.82, 2.24) is 5.32 Å². The van der Waals surface area contributed by atoms with E-state index < -0.39 is 12.0 Å². The first kappa shape index (κ1) is 21.7. The van der Waals surface area contributed by atoms with Crippen molar-refractivity contribution >= 4 is 36.7 Å². The average Bonchev–Trinajstić information content (AvgIpc) is 2.17. The summed E-state index contributed by atoms with van der Waals surface area (Å²) in [6, 6.07) is -0.564. The second-order valence-electron chi connectivity index (χ2n) is 3.33. The number of carbonyl (C=O) groups is 2. The Morgan fingerprint density at radius 1 is 1.24 bits per heavy atom. The molecule has 6 N–H and O–H groups in total. The minimum Gasteiger partial charge on any atom is -0.481 e. The molecule has 17 heavy (non-hydrogen) atoms. The lowest BCUT2D eigenvalue weighted by Gasteiger charge is -2.10. The van der Waals surface area contributed by atoms with Crippen LogP contribution in [0, 0.1) is 0 Å². The molecule has 6 nitrogen and oxygen atoms in total. The number of carbonyl (C=O) groups excluding carboxylic acids is 1. The van der Waals surface area contributed by atoms with E-state index in [9.17, 15) is 9.59 Å². The van der Waals surface area contributed by atoms with Crippen molar-refractivity contribution < 1.29 is 14.7 Å². The molecule has 0 fully saturated rings. The summed E-state index contributed by atoms with van der Waals surface area (Å²) in [5.41, 5.74) is 10.9. The summed E-state index contributed by atoms with van der Waals surface area (Å²) in [4.78, 5) is 21.4. The van der Waals surface area contributed by atoms with Crippen molar-refractivity contribution in [2.24, 2.45) is 11.5 Å². The van der Waals surface area contributed by atoms with Crippen LogP contribution in [0.2, 0.25) is 0 Å². The molecule has 0 aromatic carbocycles. The maximum absolute atomic E-state index is 11.3. The van der Waals surface area contributed by atoms with E-state index in [1.54, 1.807) is 0 Å². The van der Waals surface area contributed by atoms with Gasteiger partial charge in [0.2, 0.25) is 5.91 Å². The van der Waals surface area contributed by atoms with E-state index in [4.69, 9.17) is 16.6 Å². The van der Waals surface area contributed by atoms with Crippen LogP contribution in [0.1, 0.15) is 25.7 Å². The third kappa shape index (κ3) is 13.4. The second-order valence-corrected chi connectivity index (χ2v) is 3.33. The molecular formula is C9H21Cl2N3O3. The van der Waals surface area contributed by atoms with E-state index in [1.165, 1.54) is 0 Å². The van der Waals surface area contributed by atoms with Crippen LogP contribution in [0.4, 0.5) is 0 Å². The Labute approximate surface area is 113 Å². The lowest BCUT2D eigenvalue weighted by molar-refractivity contribution is -0.136. The molecule has 104 valence electrons. The van der Waals surface area contributed by atoms with Crippen LogP contribution in [-0.4, -0.2) is 36.1 Å². The van der Waals surface area contributed by atoms with Gasteiger partial charge in [-0.05, 0) is 19.4 Å². The van der Waals surface area contributed by atoms with Gasteiger partial charge < -0.3 is 21.9 Å². The number of nitrogens with one attached hydrogen (secondary N) is 1. The maximum atomic E-state index is 11.3. The number of hydrogen-bond acceptors (Lipinski definition) is 4. The number of unbranched alkanes of at least 4 members (excludes halogenated alkanes) is 1. The van der Waals surface area contributed by atoms with Crippen molar-refractivity contribution in [3.05, 3.63) is 0 Å². The molecule has 0 aromatic heterocycles. The van der Waals surface area contributed by atoms with E-state index in [-0.39, 0.29) is 43.7 Å². The monoisotopic (exact) mass is 289 g/mol. The number of carboxylic acids is 1. The first-order valence-electron chi connectivity index (χ1n) is 5.03. The van der Waals surface area contributed by atoms with Crippen molar-refractivity contribution in [2.45, 2.75) is 31.7 Å². The number of nitrogens with two attached hydrogens (primary N) is 2. The quantitative estimate of drug-likeness (QED) is 0.465. The van der Waals surface area contributed by atoms with Gasteiger partial charge in [-0.15, -0.1) is 24.8 Å². The predicted molar refractivity (Wildman–Crippen MR) is 70.6 cm³/mol. The van der Waals surface area contributed by atoms with Gasteiger partial charge in [0.05, 0.1) is 12.5 Å². The van der Waals surface area contributed by atoms with Gasteiger partial charge in [-0.1, -0.05) is 6.42 Å². The Morgan fingerprint density at radius 2 is 1.82 bits per heavy atom. The summed E-state index contributed by atoms with van der Waals surface area (Å²) < 4.78 is 0. The van der Waals surface area contributed by atoms with Crippen molar-refractivity contribution in [3.8, 4) is 0 Å². The Kier molecular flexibility index (Phi) is 17.2. The summed E-state index contributed by atoms with van der Waals surface area (Å²) >= 11 is 0. The molecule has 0 saturated heterocycles. The molecule has 0 spiro atoms. The first-order valence-corrected chi connectivity index (χ1v) is 5.03. The van der Waals surface area contributed by atoms with Gasteiger partial charge in [0.1, 0.15) is 0 Å². The summed E-state index contributed by atoms with van der Waals surface area (Å²) in [6.45, 7) is 0.714. The van der Waals surface area contributed by atoms with Crippen LogP contribution >= 0.6 is 24.8 Å². The average molecular weight is 290 g/mol. The van der Waals surface area contributed by atoms with E-state index in [0.717, 1.165) is 12.8 Å². The predicted octanol–water partition coefficient (Wildman–Crippen LogP) is -0.123. The molecule has 0 rings (SSSR count). The highest BCUT2D eigenvalue weighted by Crippen LogP contribution is 1.97. The fourth-order valence-electron chi connectivity index (χ4n) is 1.06. The summed E-state index contributed by atoms with van der Waals surface area (Å²) in [6.07, 6.45) is 2.15. The number of halogens is 2. The molecular weight excluding hydrogens is 269 g/mol. The minimum absolute atomic E-state index is 0. The molecule has 0 aliphatic carbocycles. The van der Waals surface area contributed by atoms with Crippen LogP contribution < -0.4 is 16.8 Å². The van der Waals surface area contributed by atoms with E-state index >= 15 is 0 Å². The highest BCUT2D eigenvalue weighted by Gasteiger charge is 2.12. The molecule has 1 amide bonds. The van der Waals surface area contributed by atoms with Gasteiger partial charge in [0.25, 0.3) is 0 Å². The largest absolute Gasteiger partial charge is 0.481 e. The zero-order valence-electron chi connectivity index (χ0n) is 9.55. The van der Waals surface area contributed by atoms with E-state index in [2.05, 4.69) is 5.32 Å². The van der Waals surface area contributed by atoms with Crippen LogP contribution in [0.5, 0.6) is 0 Å². The van der Waals surface area contributed by atoms with Crippen LogP contribution in [-0.2, 0) is 9.59 Å². The third-order valence-electron chi connectivity index (χ3n) is 1.94. The number of hydrogen-bond donors (Lipinski definition) is 4. The zero-order chi connectivity index (χ0) is 11.7. The summed E-state index contributed by atoms with van der Waals surface area (Å²) in [5.74, 6) is -1.24. The summed E-state index contributed by atoms with van der Waals surface area (Å²) in [5, 5.41) is 10.8. The third-order valence-corrected chi connectivity index (χ3v) is 1.94. The van der Waals surface area contributed by atoms with Gasteiger partial charge in [-0.25, -0.2) is 0 Å². The molecule has 0 radical (unpaired) electrons. The SMILES string of the molecule is Cl.Cl.NCCCCC(N)C(=O)NCCC(=O)O. The molecule has 0 heterocycles. The smallest absolute Gasteiger partial charge is 0.305 e. The minimum atomic E-state index is -0.938. The molecule has 0 aliphatic heterocycles. The summed E-state index contributed by atoms with van der Waals surface area (Å²) in [7, 11) is 0. The first-order chi connectivity index (χ1) is 7.07. The van der Waals surface area contributed by atoms with E-state index in [1.807, 2.05) is 0 Å². The lowest BCUT2D eigenvalue weighted by Crippen LogP contribution is -2.41. The number of amides is 1. The number of rotatable bonds is 8. The zero-order valence-corrected chi connectivity index (χ0v) is 11.2. The van der Waals surface area contributed by atoms with Gasteiger partial charge in [-0.2, -0.15) is 0 Å². The highest BCUT2D eigenvalue weighted by molar-refractivity contribution is 5.85. The Hall–Kier alpha value is -0.560. The normalized spacial score (nSPS) is 10.7. The number of carboxylic acid groups (broad SMARTS) is 1. The van der Waals surface area contributed by atoms with Crippen molar-refractivity contribution in [3.63, 3.8) is 0 Å². The Bertz CT molecular complexity index is 218. The standard InChI is InChI=1S/C9H19N3O3.2ClH/c10-5-2-1-3-7(11)9(15)12-6-4-8(13)14;;/h7H,1-6,10-11H2,(H,12,15)(H,13,14);2*1H. The maximum Gasteiger partial charge on any atom is 0.305 e. The molecule has 0 saturated carbocycles. The fourth-order valence-corrected chi connectivity index (χ4v) is 1.06. The Balaban J connectivity index is -0.000000980. The van der Waals surface area contributed by atoms with Gasteiger partial charge >= 0.3 is 5.97 Å². The van der Waals surface area contributed by atoms with E-state index in [0.29, 0.717) is 13.0 Å². The van der Waals surface area contributed by atoms with Crippen LogP contribution in [0.15, 0.2) is 0 Å². The van der Waals surface area contributed by atoms with Crippen molar-refractivity contribution in [1.29, 1.82) is 0 Å². The molecule has 0 aliphatic rings. The fraction of sp³-hybridized carbons (Fsp3) is 0.778. The van der Waals surface area contributed by atoms with Gasteiger partial charge in [-0.3, -0.25) is 9.59 Å². The molecule has 1 atom stereocenters. The van der Waals surface area contributed by atoms with Crippen LogP contribution in [0.25, 0.3) is 0 Å². The highest BCUT2D eigenvalue weighted by atomic mass is 35.5. The van der Waals surface area contributed by atoms with Crippen LogP contribution in [0.3, 0.4) is 0 Å². The topological polar surface area (TPSA) is 118 Å². The van der Waals surface area contributed by atoms with Crippen molar-refractivity contribution in [2.75, 3.05) is 13.1 Å². The lowest BCUT2D eigenvalue weighted by atomic mass is 10.1. The van der Waals surface area contributed by atoms with Gasteiger partial charge in [0.15, 0.2) is 0 Å². The van der Waals surface area contributed by atoms with Gasteiger partial charge in [0, 0.05) is 6.54 Å². The Morgan fingerprint density at radius 3 is 2.29 bits per heavy atom. The molecule has 0 bridgehead atoms.